The largest absolute Gasteiger partial charge is 0.459 e. The van der Waals surface area contributed by atoms with E-state index in [0.29, 0.717) is 22.4 Å². The van der Waals surface area contributed by atoms with Gasteiger partial charge in [-0.25, -0.2) is 9.69 Å². The lowest BCUT2D eigenvalue weighted by atomic mass is 9.59. The number of carbonyl (C=O) groups is 4. The normalized spacial score (nSPS) is 24.1. The summed E-state index contributed by atoms with van der Waals surface area (Å²) < 4.78 is 5.36. The number of ketones is 1. The predicted octanol–water partition coefficient (Wildman–Crippen LogP) is 7.44. The highest BCUT2D eigenvalue weighted by atomic mass is 16.5. The maximum Gasteiger partial charge on any atom is 0.338 e. The number of fused-ring (bicyclic) bond motifs is 5. The van der Waals surface area contributed by atoms with Crippen LogP contribution in [0.5, 0.6) is 0 Å². The fourth-order valence-electron chi connectivity index (χ4n) is 8.62. The van der Waals surface area contributed by atoms with Gasteiger partial charge in [0.25, 0.3) is 0 Å². The van der Waals surface area contributed by atoms with Gasteiger partial charge in [0, 0.05) is 0 Å². The van der Waals surface area contributed by atoms with E-state index in [1.807, 2.05) is 121 Å². The van der Waals surface area contributed by atoms with Crippen LogP contribution in [0, 0.1) is 11.8 Å². The summed E-state index contributed by atoms with van der Waals surface area (Å²) in [5.74, 6) is -3.59. The molecule has 0 unspecified atom stereocenters. The topological polar surface area (TPSA) is 80.8 Å². The molecule has 0 spiro atoms. The summed E-state index contributed by atoms with van der Waals surface area (Å²) in [6.45, 7) is 3.55. The Bertz CT molecular complexity index is 2020. The average molecular weight is 644 g/mol. The zero-order valence-electron chi connectivity index (χ0n) is 27.1. The molecule has 240 valence electrons. The molecule has 8 rings (SSSR count). The minimum atomic E-state index is -1.48. The number of ether oxygens (including phenoxy) is 1. The van der Waals surface area contributed by atoms with E-state index in [2.05, 4.69) is 0 Å². The highest BCUT2D eigenvalue weighted by Gasteiger charge is 2.82. The Kier molecular flexibility index (Phi) is 7.07. The average Bonchev–Trinajstić information content (AvgIpc) is 3.65. The second-order valence-electron chi connectivity index (χ2n) is 13.1. The number of benzene rings is 5. The van der Waals surface area contributed by atoms with Gasteiger partial charge < -0.3 is 4.74 Å². The van der Waals surface area contributed by atoms with Crippen molar-refractivity contribution in [2.24, 2.45) is 11.8 Å². The molecule has 5 aromatic rings. The van der Waals surface area contributed by atoms with E-state index in [1.54, 1.807) is 38.1 Å². The van der Waals surface area contributed by atoms with Gasteiger partial charge in [-0.15, -0.1) is 0 Å². The third kappa shape index (κ3) is 4.13. The van der Waals surface area contributed by atoms with E-state index in [0.717, 1.165) is 22.3 Å². The first kappa shape index (κ1) is 30.5. The van der Waals surface area contributed by atoms with Crippen LogP contribution in [0.3, 0.4) is 0 Å². The lowest BCUT2D eigenvalue weighted by Crippen LogP contribution is -2.45. The van der Waals surface area contributed by atoms with E-state index < -0.39 is 40.4 Å². The number of nitrogens with zero attached hydrogens (tertiary/aromatic N) is 1. The summed E-state index contributed by atoms with van der Waals surface area (Å²) in [7, 11) is 0. The maximum absolute atomic E-state index is 15.9. The number of rotatable bonds is 7. The van der Waals surface area contributed by atoms with Gasteiger partial charge in [0.2, 0.25) is 11.8 Å². The van der Waals surface area contributed by atoms with Crippen molar-refractivity contribution in [1.29, 1.82) is 0 Å². The number of hydrogen-bond donors (Lipinski definition) is 0. The van der Waals surface area contributed by atoms with Gasteiger partial charge in [0.1, 0.15) is 0 Å². The molecule has 3 aliphatic rings. The monoisotopic (exact) mass is 643 g/mol. The van der Waals surface area contributed by atoms with Gasteiger partial charge in [-0.1, -0.05) is 121 Å². The van der Waals surface area contributed by atoms with Gasteiger partial charge in [-0.2, -0.15) is 0 Å². The van der Waals surface area contributed by atoms with Crippen LogP contribution >= 0.6 is 0 Å². The van der Waals surface area contributed by atoms with Crippen LogP contribution in [0.2, 0.25) is 0 Å². The fraction of sp³-hybridized carbons (Fsp3) is 0.163. The number of Topliss-reactive ketones (excluding diaryl/α,β-unsaturated/α-hetero) is 1. The van der Waals surface area contributed by atoms with Crippen LogP contribution < -0.4 is 4.90 Å². The third-order valence-corrected chi connectivity index (χ3v) is 10.3. The molecule has 49 heavy (non-hydrogen) atoms. The molecule has 6 nitrogen and oxygen atoms in total. The summed E-state index contributed by atoms with van der Waals surface area (Å²) in [6.07, 6.45) is -0.297. The molecule has 1 aliphatic heterocycles. The van der Waals surface area contributed by atoms with Crippen LogP contribution in [0.15, 0.2) is 146 Å². The molecule has 5 aromatic carbocycles. The summed E-state index contributed by atoms with van der Waals surface area (Å²) in [5, 5.41) is 0. The van der Waals surface area contributed by atoms with Crippen molar-refractivity contribution in [2.45, 2.75) is 30.8 Å². The zero-order valence-corrected chi connectivity index (χ0v) is 27.1. The smallest absolute Gasteiger partial charge is 0.338 e. The minimum absolute atomic E-state index is 0.168. The van der Waals surface area contributed by atoms with E-state index in [9.17, 15) is 4.79 Å². The number of allylic oxidation sites excluding steroid dienone is 2. The molecule has 1 saturated carbocycles. The first-order valence-electron chi connectivity index (χ1n) is 16.5. The van der Waals surface area contributed by atoms with Crippen molar-refractivity contribution in [3.8, 4) is 0 Å². The number of esters is 1. The van der Waals surface area contributed by atoms with Gasteiger partial charge in [-0.3, -0.25) is 14.4 Å². The molecule has 0 radical (unpaired) electrons. The Morgan fingerprint density at radius 2 is 0.959 bits per heavy atom. The van der Waals surface area contributed by atoms with Crippen molar-refractivity contribution >= 4 is 40.4 Å². The minimum Gasteiger partial charge on any atom is -0.459 e. The Balaban J connectivity index is 1.44. The molecule has 6 heteroatoms. The van der Waals surface area contributed by atoms with Crippen molar-refractivity contribution in [2.75, 3.05) is 4.90 Å². The van der Waals surface area contributed by atoms with Crippen molar-refractivity contribution in [1.82, 2.24) is 0 Å². The Morgan fingerprint density at radius 3 is 1.35 bits per heavy atom. The Labute approximate surface area is 284 Å². The number of amides is 2. The number of carbonyl (C=O) groups excluding carboxylic acids is 4. The molecular formula is C43H33NO5. The second kappa shape index (κ2) is 11.4. The molecule has 1 heterocycles. The Morgan fingerprint density at radius 1 is 0.571 bits per heavy atom. The molecule has 4 atom stereocenters. The van der Waals surface area contributed by atoms with Gasteiger partial charge in [-0.05, 0) is 71.5 Å². The highest BCUT2D eigenvalue weighted by Crippen LogP contribution is 2.74. The lowest BCUT2D eigenvalue weighted by molar-refractivity contribution is -0.130. The van der Waals surface area contributed by atoms with E-state index in [-0.39, 0.29) is 11.9 Å². The summed E-state index contributed by atoms with van der Waals surface area (Å²) >= 11 is 0. The number of hydrogen-bond acceptors (Lipinski definition) is 5. The van der Waals surface area contributed by atoms with Crippen LogP contribution in [-0.4, -0.2) is 29.7 Å². The lowest BCUT2D eigenvalue weighted by Gasteiger charge is -2.39. The second-order valence-corrected chi connectivity index (χ2v) is 13.1. The van der Waals surface area contributed by atoms with Crippen LogP contribution in [0.4, 0.5) is 5.69 Å². The quantitative estimate of drug-likeness (QED) is 0.136. The Hall–Kier alpha value is -5.88. The maximum atomic E-state index is 15.9. The number of imide groups is 1. The van der Waals surface area contributed by atoms with Gasteiger partial charge in [0.05, 0.1) is 40.0 Å². The first-order chi connectivity index (χ1) is 23.8. The molecule has 2 bridgehead atoms. The van der Waals surface area contributed by atoms with Crippen LogP contribution in [0.25, 0.3) is 11.1 Å². The van der Waals surface area contributed by atoms with E-state index in [4.69, 9.17) is 4.74 Å². The molecule has 2 aliphatic carbocycles. The van der Waals surface area contributed by atoms with Crippen molar-refractivity contribution in [3.63, 3.8) is 0 Å². The van der Waals surface area contributed by atoms with Gasteiger partial charge >= 0.3 is 5.97 Å². The molecule has 2 fully saturated rings. The van der Waals surface area contributed by atoms with E-state index >= 15 is 14.4 Å². The summed E-state index contributed by atoms with van der Waals surface area (Å²) in [4.78, 5) is 60.0. The van der Waals surface area contributed by atoms with Crippen LogP contribution in [0.1, 0.15) is 46.5 Å². The van der Waals surface area contributed by atoms with Crippen molar-refractivity contribution < 1.29 is 23.9 Å². The highest BCUT2D eigenvalue weighted by molar-refractivity contribution is 6.39. The third-order valence-electron chi connectivity index (χ3n) is 10.3. The molecular weight excluding hydrogens is 610 g/mol. The first-order valence-corrected chi connectivity index (χ1v) is 16.5. The standard InChI is InChI=1S/C43H33NO5/c1-27(2)49-40(47)30-23-25-33(26-24-30)44-38(45)36-37(39(44)46)43(32-21-13-6-14-22-32)35(29-17-9-4-10-18-29)34(28-15-7-3-8-16-28)42(36,41(43)48)31-19-11-5-12-20-31/h3-27,36-37H,1-2H3/t36-,37-,42+,43+/m1/s1. The fourth-order valence-corrected chi connectivity index (χ4v) is 8.62. The predicted molar refractivity (Wildman–Crippen MR) is 187 cm³/mol. The molecule has 1 saturated heterocycles. The molecule has 2 amide bonds. The van der Waals surface area contributed by atoms with Crippen molar-refractivity contribution in [3.05, 3.63) is 173 Å². The molecule has 0 aromatic heterocycles. The van der Waals surface area contributed by atoms with Crippen LogP contribution in [-0.2, 0) is 30.0 Å². The van der Waals surface area contributed by atoms with Gasteiger partial charge in [0.15, 0.2) is 5.78 Å². The summed E-state index contributed by atoms with van der Waals surface area (Å²) in [6, 6.07) is 44.8. The summed E-state index contributed by atoms with van der Waals surface area (Å²) in [5.41, 5.74) is 2.18. The number of anilines is 1. The molecule has 0 N–H and O–H groups in total. The van der Waals surface area contributed by atoms with E-state index in [1.165, 1.54) is 4.90 Å². The SMILES string of the molecule is CC(C)OC(=O)c1ccc(N2C(=O)[C@H]3[C@H](C2=O)[C@@]2(c4ccccc4)C(=O)[C@@]3(c3ccccc3)C(c3ccccc3)=C2c2ccccc2)cc1. The zero-order chi connectivity index (χ0) is 33.9.